The molecule has 0 amide bonds. The van der Waals surface area contributed by atoms with E-state index in [0.717, 1.165) is 31.6 Å². The summed E-state index contributed by atoms with van der Waals surface area (Å²) in [5.41, 5.74) is 8.03. The number of rotatable bonds is 5. The van der Waals surface area contributed by atoms with E-state index in [9.17, 15) is 0 Å². The molecule has 1 atom stereocenters. The summed E-state index contributed by atoms with van der Waals surface area (Å²) in [4.78, 5) is 6.14. The van der Waals surface area contributed by atoms with E-state index in [1.807, 2.05) is 6.07 Å². The van der Waals surface area contributed by atoms with E-state index in [1.54, 1.807) is 11.3 Å². The first-order chi connectivity index (χ1) is 9.86. The molecule has 3 nitrogen and oxygen atoms in total. The van der Waals surface area contributed by atoms with Crippen LogP contribution in [-0.2, 0) is 17.6 Å². The van der Waals surface area contributed by atoms with Gasteiger partial charge in [-0.3, -0.25) is 0 Å². The molecule has 2 N–H and O–H groups in total. The average molecular weight is 288 g/mol. The van der Waals surface area contributed by atoms with E-state index in [2.05, 4.69) is 24.3 Å². The van der Waals surface area contributed by atoms with Gasteiger partial charge in [0.05, 0.1) is 16.8 Å². The standard InChI is InChI=1S/C16H20N2OS/c17-9-8-14-16(12-5-2-1-3-6-12)18-15(20-14)11-13-7-4-10-19-13/h1-3,5-6,13H,4,7-11,17H2. The van der Waals surface area contributed by atoms with E-state index in [1.165, 1.54) is 21.9 Å². The van der Waals surface area contributed by atoms with Crippen LogP contribution in [0.15, 0.2) is 30.3 Å². The SMILES string of the molecule is NCCc1sc(CC2CCCO2)nc1-c1ccccc1. The summed E-state index contributed by atoms with van der Waals surface area (Å²) in [6.07, 6.45) is 4.53. The van der Waals surface area contributed by atoms with Gasteiger partial charge >= 0.3 is 0 Å². The van der Waals surface area contributed by atoms with Crippen molar-refractivity contribution in [3.63, 3.8) is 0 Å². The van der Waals surface area contributed by atoms with Crippen molar-refractivity contribution in [3.8, 4) is 11.3 Å². The smallest absolute Gasteiger partial charge is 0.0961 e. The Morgan fingerprint density at radius 1 is 1.30 bits per heavy atom. The third-order valence-electron chi connectivity index (χ3n) is 3.59. The average Bonchev–Trinajstić information content (AvgIpc) is 3.11. The quantitative estimate of drug-likeness (QED) is 0.920. The molecular formula is C16H20N2OS. The van der Waals surface area contributed by atoms with Crippen LogP contribution in [0.25, 0.3) is 11.3 Å². The van der Waals surface area contributed by atoms with Crippen molar-refractivity contribution < 1.29 is 4.74 Å². The molecule has 1 aromatic carbocycles. The molecule has 1 saturated heterocycles. The van der Waals surface area contributed by atoms with Crippen LogP contribution in [-0.4, -0.2) is 24.2 Å². The van der Waals surface area contributed by atoms with Crippen molar-refractivity contribution in [2.24, 2.45) is 5.73 Å². The summed E-state index contributed by atoms with van der Waals surface area (Å²) in [7, 11) is 0. The molecule has 3 rings (SSSR count). The van der Waals surface area contributed by atoms with E-state index < -0.39 is 0 Å². The molecule has 4 heteroatoms. The van der Waals surface area contributed by atoms with Crippen LogP contribution in [0, 0.1) is 0 Å². The first-order valence-electron chi connectivity index (χ1n) is 7.22. The molecule has 2 aromatic rings. The Balaban J connectivity index is 1.85. The number of aromatic nitrogens is 1. The minimum Gasteiger partial charge on any atom is -0.378 e. The third kappa shape index (κ3) is 3.08. The molecule has 0 radical (unpaired) electrons. The number of nitrogens with zero attached hydrogens (tertiary/aromatic N) is 1. The largest absolute Gasteiger partial charge is 0.378 e. The zero-order chi connectivity index (χ0) is 13.8. The molecule has 0 aliphatic carbocycles. The van der Waals surface area contributed by atoms with Crippen LogP contribution in [0.5, 0.6) is 0 Å². The molecule has 106 valence electrons. The molecule has 1 aromatic heterocycles. The number of benzene rings is 1. The molecule has 0 bridgehead atoms. The number of thiazole rings is 1. The van der Waals surface area contributed by atoms with Gasteiger partial charge in [-0.1, -0.05) is 30.3 Å². The van der Waals surface area contributed by atoms with E-state index in [4.69, 9.17) is 15.5 Å². The van der Waals surface area contributed by atoms with Crippen LogP contribution in [0.3, 0.4) is 0 Å². The highest BCUT2D eigenvalue weighted by Gasteiger charge is 2.19. The maximum atomic E-state index is 5.73. The third-order valence-corrected chi connectivity index (χ3v) is 4.72. The minimum atomic E-state index is 0.357. The lowest BCUT2D eigenvalue weighted by Gasteiger charge is -2.05. The molecule has 1 aliphatic heterocycles. The van der Waals surface area contributed by atoms with Crippen molar-refractivity contribution in [2.45, 2.75) is 31.8 Å². The minimum absolute atomic E-state index is 0.357. The summed E-state index contributed by atoms with van der Waals surface area (Å²) in [5.74, 6) is 0. The maximum absolute atomic E-state index is 5.73. The predicted molar refractivity (Wildman–Crippen MR) is 83.0 cm³/mol. The lowest BCUT2D eigenvalue weighted by Crippen LogP contribution is -2.08. The van der Waals surface area contributed by atoms with Gasteiger partial charge in [-0.25, -0.2) is 4.98 Å². The van der Waals surface area contributed by atoms with Gasteiger partial charge in [0.15, 0.2) is 0 Å². The van der Waals surface area contributed by atoms with E-state index in [-0.39, 0.29) is 0 Å². The normalized spacial score (nSPS) is 18.6. The zero-order valence-electron chi connectivity index (χ0n) is 11.5. The summed E-state index contributed by atoms with van der Waals surface area (Å²) < 4.78 is 5.71. The lowest BCUT2D eigenvalue weighted by molar-refractivity contribution is 0.111. The first-order valence-corrected chi connectivity index (χ1v) is 8.04. The Kier molecular flexibility index (Phi) is 4.45. The highest BCUT2D eigenvalue weighted by molar-refractivity contribution is 7.12. The second kappa shape index (κ2) is 6.48. The topological polar surface area (TPSA) is 48.1 Å². The maximum Gasteiger partial charge on any atom is 0.0961 e. The molecule has 1 aliphatic rings. The summed E-state index contributed by atoms with van der Waals surface area (Å²) in [6, 6.07) is 10.4. The summed E-state index contributed by atoms with van der Waals surface area (Å²) >= 11 is 1.79. The van der Waals surface area contributed by atoms with Crippen LogP contribution in [0.4, 0.5) is 0 Å². The van der Waals surface area contributed by atoms with Crippen LogP contribution in [0.1, 0.15) is 22.7 Å². The lowest BCUT2D eigenvalue weighted by atomic mass is 10.1. The van der Waals surface area contributed by atoms with Crippen molar-refractivity contribution >= 4 is 11.3 Å². The molecule has 0 saturated carbocycles. The van der Waals surface area contributed by atoms with Crippen molar-refractivity contribution in [1.29, 1.82) is 0 Å². The predicted octanol–water partition coefficient (Wildman–Crippen LogP) is 3.03. The second-order valence-electron chi connectivity index (χ2n) is 5.12. The van der Waals surface area contributed by atoms with E-state index >= 15 is 0 Å². The monoisotopic (exact) mass is 288 g/mol. The fraction of sp³-hybridized carbons (Fsp3) is 0.438. The Labute approximate surface area is 123 Å². The molecule has 0 spiro atoms. The van der Waals surface area contributed by atoms with E-state index in [0.29, 0.717) is 12.6 Å². The molecular weight excluding hydrogens is 268 g/mol. The number of ether oxygens (including phenoxy) is 1. The Morgan fingerprint density at radius 2 is 2.15 bits per heavy atom. The van der Waals surface area contributed by atoms with Gasteiger partial charge in [0, 0.05) is 23.5 Å². The second-order valence-corrected chi connectivity index (χ2v) is 6.29. The van der Waals surface area contributed by atoms with Crippen LogP contribution >= 0.6 is 11.3 Å². The van der Waals surface area contributed by atoms with Gasteiger partial charge in [-0.15, -0.1) is 11.3 Å². The fourth-order valence-electron chi connectivity index (χ4n) is 2.61. The fourth-order valence-corrected chi connectivity index (χ4v) is 3.78. The van der Waals surface area contributed by atoms with Gasteiger partial charge < -0.3 is 10.5 Å². The Hall–Kier alpha value is -1.23. The van der Waals surface area contributed by atoms with Gasteiger partial charge in [0.25, 0.3) is 0 Å². The van der Waals surface area contributed by atoms with Crippen LogP contribution < -0.4 is 5.73 Å². The van der Waals surface area contributed by atoms with Gasteiger partial charge in [0.2, 0.25) is 0 Å². The van der Waals surface area contributed by atoms with Gasteiger partial charge in [-0.05, 0) is 25.8 Å². The number of nitrogens with two attached hydrogens (primary N) is 1. The zero-order valence-corrected chi connectivity index (χ0v) is 12.4. The van der Waals surface area contributed by atoms with Crippen molar-refractivity contribution in [2.75, 3.05) is 13.2 Å². The highest BCUT2D eigenvalue weighted by atomic mass is 32.1. The molecule has 1 fully saturated rings. The highest BCUT2D eigenvalue weighted by Crippen LogP contribution is 2.30. The van der Waals surface area contributed by atoms with Gasteiger partial charge in [0.1, 0.15) is 0 Å². The molecule has 2 heterocycles. The number of hydrogen-bond donors (Lipinski definition) is 1. The van der Waals surface area contributed by atoms with Crippen LogP contribution in [0.2, 0.25) is 0 Å². The summed E-state index contributed by atoms with van der Waals surface area (Å²) in [6.45, 7) is 1.57. The molecule has 1 unspecified atom stereocenters. The summed E-state index contributed by atoms with van der Waals surface area (Å²) in [5, 5.41) is 1.18. The van der Waals surface area contributed by atoms with Gasteiger partial charge in [-0.2, -0.15) is 0 Å². The Bertz CT molecular complexity index is 547. The molecule has 20 heavy (non-hydrogen) atoms. The first kappa shape index (κ1) is 13.7. The van der Waals surface area contributed by atoms with Crippen molar-refractivity contribution in [1.82, 2.24) is 4.98 Å². The Morgan fingerprint density at radius 3 is 2.85 bits per heavy atom. The van der Waals surface area contributed by atoms with Crippen molar-refractivity contribution in [3.05, 3.63) is 40.2 Å². The number of hydrogen-bond acceptors (Lipinski definition) is 4.